The van der Waals surface area contributed by atoms with Crippen molar-refractivity contribution < 1.29 is 9.53 Å². The third-order valence-electron chi connectivity index (χ3n) is 4.34. The highest BCUT2D eigenvalue weighted by atomic mass is 16.6. The average Bonchev–Trinajstić information content (AvgIpc) is 2.97. The number of nitrogens with two attached hydrogens (primary N) is 1. The van der Waals surface area contributed by atoms with Gasteiger partial charge in [0.1, 0.15) is 6.10 Å². The highest BCUT2D eigenvalue weighted by Crippen LogP contribution is 2.23. The van der Waals surface area contributed by atoms with E-state index in [9.17, 15) is 14.4 Å². The van der Waals surface area contributed by atoms with Crippen molar-refractivity contribution in [3.8, 4) is 11.8 Å². The molecule has 1 atom stereocenters. The Morgan fingerprint density at radius 2 is 2.23 bits per heavy atom. The van der Waals surface area contributed by atoms with E-state index in [-0.39, 0.29) is 23.8 Å². The maximum Gasteiger partial charge on any atom is 0.404 e. The second-order valence-electron chi connectivity index (χ2n) is 6.06. The number of primary amides is 1. The van der Waals surface area contributed by atoms with E-state index in [1.54, 1.807) is 18.5 Å². The molecular weight excluding hydrogens is 340 g/mol. The molecule has 0 spiro atoms. The zero-order chi connectivity index (χ0) is 18.8. The van der Waals surface area contributed by atoms with Gasteiger partial charge in [0, 0.05) is 13.6 Å². The number of carbonyl (C=O) groups excluding carboxylic acids is 1. The summed E-state index contributed by atoms with van der Waals surface area (Å²) in [6.07, 6.45) is 0.304. The van der Waals surface area contributed by atoms with Gasteiger partial charge in [-0.3, -0.25) is 18.9 Å². The number of ether oxygens (including phenoxy) is 1. The lowest BCUT2D eigenvalue weighted by Gasteiger charge is -2.32. The summed E-state index contributed by atoms with van der Waals surface area (Å²) in [6.45, 7) is 3.03. The number of H-pyrrole nitrogens is 1. The van der Waals surface area contributed by atoms with E-state index >= 15 is 0 Å². The number of anilines is 1. The molecule has 1 fully saturated rings. The van der Waals surface area contributed by atoms with Crippen molar-refractivity contribution in [2.24, 2.45) is 12.8 Å². The first-order valence-corrected chi connectivity index (χ1v) is 8.22. The summed E-state index contributed by atoms with van der Waals surface area (Å²) in [4.78, 5) is 44.0. The Balaban J connectivity index is 2.12. The first kappa shape index (κ1) is 17.6. The van der Waals surface area contributed by atoms with Gasteiger partial charge in [0.15, 0.2) is 11.2 Å². The van der Waals surface area contributed by atoms with Crippen LogP contribution in [0.15, 0.2) is 9.59 Å². The average molecular weight is 360 g/mol. The molecule has 1 aliphatic rings. The number of hydrogen-bond donors (Lipinski definition) is 2. The fourth-order valence-electron chi connectivity index (χ4n) is 3.15. The molecule has 2 aromatic rings. The number of nitrogens with zero attached hydrogens (tertiary/aromatic N) is 4. The Labute approximate surface area is 148 Å². The maximum atomic E-state index is 12.4. The normalized spacial score (nSPS) is 17.0. The number of aromatic amines is 1. The second-order valence-corrected chi connectivity index (χ2v) is 6.06. The number of amides is 1. The molecule has 1 amide bonds. The van der Waals surface area contributed by atoms with Crippen LogP contribution in [0.2, 0.25) is 0 Å². The van der Waals surface area contributed by atoms with Gasteiger partial charge < -0.3 is 15.4 Å². The van der Waals surface area contributed by atoms with Crippen LogP contribution in [-0.4, -0.2) is 44.4 Å². The lowest BCUT2D eigenvalue weighted by Crippen LogP contribution is -2.42. The van der Waals surface area contributed by atoms with Gasteiger partial charge in [0.25, 0.3) is 5.56 Å². The first-order chi connectivity index (χ1) is 12.4. The fraction of sp³-hybridized carbons (Fsp3) is 0.500. The maximum absolute atomic E-state index is 12.4. The molecule has 1 aliphatic heterocycles. The van der Waals surface area contributed by atoms with Gasteiger partial charge in [-0.05, 0) is 19.8 Å². The van der Waals surface area contributed by atoms with Crippen LogP contribution in [0.3, 0.4) is 0 Å². The van der Waals surface area contributed by atoms with Gasteiger partial charge in [-0.1, -0.05) is 5.92 Å². The van der Waals surface area contributed by atoms with Crippen LogP contribution in [0.1, 0.15) is 19.8 Å². The number of hydrogen-bond acceptors (Lipinski definition) is 6. The monoisotopic (exact) mass is 360 g/mol. The van der Waals surface area contributed by atoms with Gasteiger partial charge in [-0.25, -0.2) is 9.59 Å². The summed E-state index contributed by atoms with van der Waals surface area (Å²) in [5, 5.41) is 0. The second kappa shape index (κ2) is 6.95. The van der Waals surface area contributed by atoms with Gasteiger partial charge in [0.2, 0.25) is 5.95 Å². The third-order valence-corrected chi connectivity index (χ3v) is 4.34. The van der Waals surface area contributed by atoms with Crippen molar-refractivity contribution in [3.63, 3.8) is 0 Å². The topological polar surface area (TPSA) is 128 Å². The highest BCUT2D eigenvalue weighted by Gasteiger charge is 2.27. The SMILES string of the molecule is CC#CCn1c(N2CCCC(OC(N)=O)C2)nc2c1c(=O)[nH]c(=O)n2C. The third kappa shape index (κ3) is 3.15. The first-order valence-electron chi connectivity index (χ1n) is 8.22. The van der Waals surface area contributed by atoms with Crippen molar-refractivity contribution in [3.05, 3.63) is 20.8 Å². The fourth-order valence-corrected chi connectivity index (χ4v) is 3.15. The summed E-state index contributed by atoms with van der Waals surface area (Å²) < 4.78 is 8.08. The van der Waals surface area contributed by atoms with Crippen LogP contribution in [0, 0.1) is 11.8 Å². The minimum Gasteiger partial charge on any atom is -0.445 e. The molecule has 26 heavy (non-hydrogen) atoms. The smallest absolute Gasteiger partial charge is 0.404 e. The van der Waals surface area contributed by atoms with Gasteiger partial charge >= 0.3 is 11.8 Å². The molecule has 2 aromatic heterocycles. The number of aromatic nitrogens is 4. The number of carbonyl (C=O) groups is 1. The van der Waals surface area contributed by atoms with Crippen molar-refractivity contribution in [2.45, 2.75) is 32.4 Å². The minimum atomic E-state index is -0.818. The minimum absolute atomic E-state index is 0.251. The molecule has 3 rings (SSSR count). The number of fused-ring (bicyclic) bond motifs is 1. The lowest BCUT2D eigenvalue weighted by molar-refractivity contribution is 0.0962. The highest BCUT2D eigenvalue weighted by molar-refractivity contribution is 5.74. The molecule has 0 aromatic carbocycles. The van der Waals surface area contributed by atoms with Crippen molar-refractivity contribution in [1.29, 1.82) is 0 Å². The van der Waals surface area contributed by atoms with E-state index < -0.39 is 17.3 Å². The molecule has 10 heteroatoms. The summed E-state index contributed by atoms with van der Waals surface area (Å²) in [5.74, 6) is 6.23. The molecular formula is C16H20N6O4. The van der Waals surface area contributed by atoms with Crippen LogP contribution < -0.4 is 21.9 Å². The van der Waals surface area contributed by atoms with Crippen LogP contribution in [0.5, 0.6) is 0 Å². The Morgan fingerprint density at radius 1 is 1.46 bits per heavy atom. The zero-order valence-corrected chi connectivity index (χ0v) is 14.6. The molecule has 0 saturated carbocycles. The lowest BCUT2D eigenvalue weighted by atomic mass is 10.1. The van der Waals surface area contributed by atoms with E-state index in [1.165, 1.54) is 4.57 Å². The number of imidazole rings is 1. The summed E-state index contributed by atoms with van der Waals surface area (Å²) in [5.41, 5.74) is 4.64. The molecule has 0 bridgehead atoms. The Kier molecular flexibility index (Phi) is 4.71. The molecule has 0 radical (unpaired) electrons. The Morgan fingerprint density at radius 3 is 2.92 bits per heavy atom. The predicted molar refractivity (Wildman–Crippen MR) is 94.9 cm³/mol. The van der Waals surface area contributed by atoms with E-state index in [0.29, 0.717) is 25.5 Å². The van der Waals surface area contributed by atoms with Crippen molar-refractivity contribution >= 4 is 23.2 Å². The van der Waals surface area contributed by atoms with E-state index in [1.807, 2.05) is 4.90 Å². The zero-order valence-electron chi connectivity index (χ0n) is 14.6. The Hall–Kier alpha value is -3.22. The van der Waals surface area contributed by atoms with E-state index in [0.717, 1.165) is 6.42 Å². The van der Waals surface area contributed by atoms with E-state index in [4.69, 9.17) is 10.5 Å². The molecule has 0 aliphatic carbocycles. The molecule has 10 nitrogen and oxygen atoms in total. The quantitative estimate of drug-likeness (QED) is 0.711. The molecule has 1 unspecified atom stereocenters. The number of aryl methyl sites for hydroxylation is 1. The predicted octanol–water partition coefficient (Wildman–Crippen LogP) is -0.489. The molecule has 138 valence electrons. The van der Waals surface area contributed by atoms with Crippen LogP contribution >= 0.6 is 0 Å². The van der Waals surface area contributed by atoms with Gasteiger partial charge in [-0.2, -0.15) is 4.98 Å². The summed E-state index contributed by atoms with van der Waals surface area (Å²) >= 11 is 0. The van der Waals surface area contributed by atoms with Crippen molar-refractivity contribution in [1.82, 2.24) is 19.1 Å². The number of nitrogens with one attached hydrogen (secondary N) is 1. The van der Waals surface area contributed by atoms with Crippen LogP contribution in [-0.2, 0) is 18.3 Å². The summed E-state index contributed by atoms with van der Waals surface area (Å²) in [7, 11) is 1.54. The summed E-state index contributed by atoms with van der Waals surface area (Å²) in [6, 6.07) is 0. The molecule has 3 N–H and O–H groups in total. The van der Waals surface area contributed by atoms with Gasteiger partial charge in [-0.15, -0.1) is 5.92 Å². The molecule has 3 heterocycles. The number of piperidine rings is 1. The standard InChI is InChI=1S/C16H20N6O4/c1-3-4-8-22-11-12(20(2)16(25)19-13(11)23)18-15(22)21-7-5-6-10(9-21)26-14(17)24/h10H,5-9H2,1-2H3,(H2,17,24)(H,19,23,25). The number of rotatable bonds is 3. The van der Waals surface area contributed by atoms with E-state index in [2.05, 4.69) is 21.8 Å². The largest absolute Gasteiger partial charge is 0.445 e. The van der Waals surface area contributed by atoms with Crippen LogP contribution in [0.25, 0.3) is 11.2 Å². The molecule has 1 saturated heterocycles. The Bertz CT molecular complexity index is 1020. The van der Waals surface area contributed by atoms with Crippen LogP contribution in [0.4, 0.5) is 10.7 Å². The van der Waals surface area contributed by atoms with Gasteiger partial charge in [0.05, 0.1) is 13.1 Å². The van der Waals surface area contributed by atoms with Crippen molar-refractivity contribution in [2.75, 3.05) is 18.0 Å².